The van der Waals surface area contributed by atoms with E-state index in [1.54, 1.807) is 0 Å². The van der Waals surface area contributed by atoms with E-state index in [9.17, 15) is 9.90 Å². The lowest BCUT2D eigenvalue weighted by atomic mass is 9.99. The largest absolute Gasteiger partial charge is 0.433 e. The normalized spacial score (nSPS) is 37.8. The Morgan fingerprint density at radius 2 is 1.88 bits per heavy atom. The first-order valence-corrected chi connectivity index (χ1v) is 5.22. The van der Waals surface area contributed by atoms with Gasteiger partial charge < -0.3 is 29.2 Å². The summed E-state index contributed by atoms with van der Waals surface area (Å²) in [5.41, 5.74) is 0. The van der Waals surface area contributed by atoms with E-state index in [0.29, 0.717) is 0 Å². The van der Waals surface area contributed by atoms with Crippen molar-refractivity contribution in [2.45, 2.75) is 37.6 Å². The van der Waals surface area contributed by atoms with Crippen molar-refractivity contribution in [3.8, 4) is 0 Å². The summed E-state index contributed by atoms with van der Waals surface area (Å²) in [4.78, 5) is 10.9. The van der Waals surface area contributed by atoms with Gasteiger partial charge in [0.05, 0.1) is 6.61 Å². The summed E-state index contributed by atoms with van der Waals surface area (Å²) < 4.78 is 20.4. The van der Waals surface area contributed by atoms with Gasteiger partial charge in [-0.1, -0.05) is 0 Å². The minimum absolute atomic E-state index is 0.408. The molecule has 1 fully saturated rings. The Hall–Kier alpha value is -0.730. The Balaban J connectivity index is 2.84. The van der Waals surface area contributed by atoms with Gasteiger partial charge in [-0.05, 0) is 0 Å². The fourth-order valence-corrected chi connectivity index (χ4v) is 1.82. The van der Waals surface area contributed by atoms with Crippen molar-refractivity contribution in [1.82, 2.24) is 0 Å². The highest BCUT2D eigenvalue weighted by molar-refractivity contribution is 5.66. The lowest BCUT2D eigenvalue weighted by Gasteiger charge is -2.42. The summed E-state index contributed by atoms with van der Waals surface area (Å²) in [6.45, 7) is 0.825. The smallest absolute Gasteiger partial charge is 0.305 e. The molecule has 0 saturated carbocycles. The van der Waals surface area contributed by atoms with Gasteiger partial charge in [-0.2, -0.15) is 0 Å². The van der Waals surface area contributed by atoms with Crippen molar-refractivity contribution in [1.29, 1.82) is 0 Å². The second-order valence-corrected chi connectivity index (χ2v) is 3.73. The SMILES string of the molecule is CO[C@H]1[C@@H](OC(C)=O)O[C@H](CO)[C@@H](O)[C@@H]1OC. The van der Waals surface area contributed by atoms with Crippen molar-refractivity contribution < 1.29 is 34.0 Å². The number of ether oxygens (including phenoxy) is 4. The molecule has 0 aliphatic carbocycles. The van der Waals surface area contributed by atoms with E-state index in [4.69, 9.17) is 24.1 Å². The maximum atomic E-state index is 10.9. The fourth-order valence-electron chi connectivity index (χ4n) is 1.82. The number of rotatable bonds is 4. The minimum Gasteiger partial charge on any atom is -0.433 e. The van der Waals surface area contributed by atoms with Gasteiger partial charge in [-0.25, -0.2) is 0 Å². The second kappa shape index (κ2) is 6.27. The average molecular weight is 250 g/mol. The van der Waals surface area contributed by atoms with E-state index in [0.717, 1.165) is 0 Å². The zero-order valence-electron chi connectivity index (χ0n) is 10.0. The standard InChI is InChI=1S/C10H18O7/c1-5(12)16-10-9(15-3)8(14-2)7(13)6(4-11)17-10/h6-11,13H,4H2,1-3H3/t6-,7-,8+,9-,10+/m1/s1. The van der Waals surface area contributed by atoms with E-state index in [1.807, 2.05) is 0 Å². The van der Waals surface area contributed by atoms with Gasteiger partial charge in [0.1, 0.15) is 24.4 Å². The molecule has 1 rings (SSSR count). The number of carbonyl (C=O) groups is 1. The Bertz CT molecular complexity index is 257. The van der Waals surface area contributed by atoms with Crippen LogP contribution in [0, 0.1) is 0 Å². The summed E-state index contributed by atoms with van der Waals surface area (Å²) in [6, 6.07) is 0. The molecule has 7 heteroatoms. The first-order chi connectivity index (χ1) is 8.04. The first kappa shape index (κ1) is 14.3. The molecule has 7 nitrogen and oxygen atoms in total. The molecule has 0 spiro atoms. The number of esters is 1. The number of carbonyl (C=O) groups excluding carboxylic acids is 1. The molecule has 2 N–H and O–H groups in total. The molecular weight excluding hydrogens is 232 g/mol. The van der Waals surface area contributed by atoms with Crippen LogP contribution in [-0.4, -0.2) is 67.7 Å². The topological polar surface area (TPSA) is 94.5 Å². The molecule has 0 radical (unpaired) electrons. The Labute approximate surface area is 99.2 Å². The van der Waals surface area contributed by atoms with E-state index in [2.05, 4.69) is 0 Å². The molecule has 100 valence electrons. The van der Waals surface area contributed by atoms with Crippen molar-refractivity contribution >= 4 is 5.97 Å². The Morgan fingerprint density at radius 1 is 1.29 bits per heavy atom. The van der Waals surface area contributed by atoms with Crippen molar-refractivity contribution in [2.75, 3.05) is 20.8 Å². The number of methoxy groups -OCH3 is 2. The minimum atomic E-state index is -1.05. The molecule has 0 aromatic rings. The average Bonchev–Trinajstić information content (AvgIpc) is 2.29. The highest BCUT2D eigenvalue weighted by atomic mass is 16.7. The molecule has 1 heterocycles. The predicted octanol–water partition coefficient (Wildman–Crippen LogP) is -1.34. The van der Waals surface area contributed by atoms with E-state index in [1.165, 1.54) is 21.1 Å². The number of aliphatic hydroxyl groups excluding tert-OH is 2. The van der Waals surface area contributed by atoms with Crippen LogP contribution in [0.4, 0.5) is 0 Å². The van der Waals surface area contributed by atoms with Crippen LogP contribution >= 0.6 is 0 Å². The number of hydrogen-bond donors (Lipinski definition) is 2. The third-order valence-electron chi connectivity index (χ3n) is 2.62. The van der Waals surface area contributed by atoms with Gasteiger partial charge in [0.25, 0.3) is 0 Å². The molecule has 0 bridgehead atoms. The van der Waals surface area contributed by atoms with Gasteiger partial charge in [-0.15, -0.1) is 0 Å². The van der Waals surface area contributed by atoms with Gasteiger partial charge in [0, 0.05) is 21.1 Å². The summed E-state index contributed by atoms with van der Waals surface area (Å²) in [5, 5.41) is 18.9. The quantitative estimate of drug-likeness (QED) is 0.596. The molecule has 1 aliphatic rings. The highest BCUT2D eigenvalue weighted by Gasteiger charge is 2.47. The summed E-state index contributed by atoms with van der Waals surface area (Å²) >= 11 is 0. The van der Waals surface area contributed by atoms with Gasteiger partial charge in [-0.3, -0.25) is 4.79 Å². The lowest BCUT2D eigenvalue weighted by Crippen LogP contribution is -2.60. The van der Waals surface area contributed by atoms with Crippen LogP contribution in [0.5, 0.6) is 0 Å². The Kier molecular flexibility index (Phi) is 5.29. The van der Waals surface area contributed by atoms with Crippen LogP contribution in [-0.2, 0) is 23.7 Å². The second-order valence-electron chi connectivity index (χ2n) is 3.73. The van der Waals surface area contributed by atoms with Crippen LogP contribution in [0.15, 0.2) is 0 Å². The van der Waals surface area contributed by atoms with Crippen LogP contribution in [0.2, 0.25) is 0 Å². The molecule has 17 heavy (non-hydrogen) atoms. The Morgan fingerprint density at radius 3 is 2.29 bits per heavy atom. The zero-order valence-corrected chi connectivity index (χ0v) is 10.0. The predicted molar refractivity (Wildman–Crippen MR) is 55.1 cm³/mol. The molecule has 1 saturated heterocycles. The van der Waals surface area contributed by atoms with Crippen LogP contribution in [0.1, 0.15) is 6.92 Å². The van der Waals surface area contributed by atoms with Crippen LogP contribution < -0.4 is 0 Å². The van der Waals surface area contributed by atoms with E-state index < -0.39 is 43.3 Å². The summed E-state index contributed by atoms with van der Waals surface area (Å²) in [7, 11) is 2.78. The molecule has 0 aromatic heterocycles. The van der Waals surface area contributed by atoms with Crippen molar-refractivity contribution in [3.63, 3.8) is 0 Å². The summed E-state index contributed by atoms with van der Waals surface area (Å²) in [5.74, 6) is -0.542. The third-order valence-corrected chi connectivity index (χ3v) is 2.62. The number of aliphatic hydroxyl groups is 2. The third kappa shape index (κ3) is 3.14. The lowest BCUT2D eigenvalue weighted by molar-refractivity contribution is -0.300. The first-order valence-electron chi connectivity index (χ1n) is 5.22. The maximum Gasteiger partial charge on any atom is 0.305 e. The van der Waals surface area contributed by atoms with Crippen LogP contribution in [0.3, 0.4) is 0 Å². The molecule has 0 amide bonds. The van der Waals surface area contributed by atoms with Gasteiger partial charge in [0.2, 0.25) is 6.29 Å². The maximum absolute atomic E-state index is 10.9. The zero-order chi connectivity index (χ0) is 13.0. The molecule has 1 aliphatic heterocycles. The summed E-state index contributed by atoms with van der Waals surface area (Å²) in [6.07, 6.45) is -4.43. The molecule has 5 atom stereocenters. The molecule has 0 unspecified atom stereocenters. The van der Waals surface area contributed by atoms with Gasteiger partial charge >= 0.3 is 5.97 Å². The molecule has 0 aromatic carbocycles. The van der Waals surface area contributed by atoms with E-state index >= 15 is 0 Å². The number of hydrogen-bond acceptors (Lipinski definition) is 7. The highest BCUT2D eigenvalue weighted by Crippen LogP contribution is 2.25. The fraction of sp³-hybridized carbons (Fsp3) is 0.900. The van der Waals surface area contributed by atoms with Crippen molar-refractivity contribution in [3.05, 3.63) is 0 Å². The van der Waals surface area contributed by atoms with Gasteiger partial charge in [0.15, 0.2) is 0 Å². The van der Waals surface area contributed by atoms with E-state index in [-0.39, 0.29) is 0 Å². The van der Waals surface area contributed by atoms with Crippen molar-refractivity contribution in [2.24, 2.45) is 0 Å². The molecular formula is C10H18O7. The monoisotopic (exact) mass is 250 g/mol. The van der Waals surface area contributed by atoms with Crippen LogP contribution in [0.25, 0.3) is 0 Å².